The predicted molar refractivity (Wildman–Crippen MR) is 107 cm³/mol. The van der Waals surface area contributed by atoms with Crippen LogP contribution in [0.5, 0.6) is 0 Å². The minimum Gasteiger partial charge on any atom is -0.267 e. The Kier molecular flexibility index (Phi) is 4.20. The third kappa shape index (κ3) is 3.07. The van der Waals surface area contributed by atoms with E-state index in [0.717, 1.165) is 22.5 Å². The number of anilines is 1. The molecule has 0 aromatic heterocycles. The van der Waals surface area contributed by atoms with Crippen LogP contribution >= 0.6 is 0 Å². The number of benzene rings is 3. The summed E-state index contributed by atoms with van der Waals surface area (Å²) in [5, 5.41) is 5.87. The SMILES string of the molecule is CC1=NN(c2ccccc2)C(=O)C1=Cc1ccc(-c2ccccc2)cc1. The summed E-state index contributed by atoms with van der Waals surface area (Å²) in [7, 11) is 0. The number of carbonyl (C=O) groups is 1. The van der Waals surface area contributed by atoms with E-state index in [1.807, 2.05) is 73.7 Å². The van der Waals surface area contributed by atoms with Crippen LogP contribution < -0.4 is 5.01 Å². The van der Waals surface area contributed by atoms with Gasteiger partial charge in [0.1, 0.15) is 0 Å². The van der Waals surface area contributed by atoms with Crippen LogP contribution in [0.2, 0.25) is 0 Å². The summed E-state index contributed by atoms with van der Waals surface area (Å²) in [6.45, 7) is 1.87. The molecule has 0 saturated carbocycles. The summed E-state index contributed by atoms with van der Waals surface area (Å²) in [4.78, 5) is 12.8. The van der Waals surface area contributed by atoms with Crippen molar-refractivity contribution in [2.45, 2.75) is 6.92 Å². The molecular weight excluding hydrogens is 320 g/mol. The van der Waals surface area contributed by atoms with Crippen LogP contribution in [0, 0.1) is 0 Å². The predicted octanol–water partition coefficient (Wildman–Crippen LogP) is 5.16. The lowest BCUT2D eigenvalue weighted by Gasteiger charge is -2.11. The van der Waals surface area contributed by atoms with Gasteiger partial charge in [-0.15, -0.1) is 0 Å². The van der Waals surface area contributed by atoms with E-state index in [2.05, 4.69) is 29.4 Å². The monoisotopic (exact) mass is 338 g/mol. The third-order valence-electron chi connectivity index (χ3n) is 4.39. The van der Waals surface area contributed by atoms with Gasteiger partial charge in [0.15, 0.2) is 0 Å². The third-order valence-corrected chi connectivity index (χ3v) is 4.39. The van der Waals surface area contributed by atoms with E-state index in [9.17, 15) is 4.79 Å². The number of hydrogen-bond acceptors (Lipinski definition) is 2. The lowest BCUT2D eigenvalue weighted by molar-refractivity contribution is -0.114. The second-order valence-electron chi connectivity index (χ2n) is 6.18. The van der Waals surface area contributed by atoms with Crippen molar-refractivity contribution in [1.29, 1.82) is 0 Å². The zero-order valence-electron chi connectivity index (χ0n) is 14.5. The number of hydrazone groups is 1. The largest absolute Gasteiger partial charge is 0.280 e. The molecule has 0 aliphatic carbocycles. The maximum absolute atomic E-state index is 12.8. The van der Waals surface area contributed by atoms with Crippen LogP contribution in [0.4, 0.5) is 5.69 Å². The number of hydrogen-bond donors (Lipinski definition) is 0. The maximum atomic E-state index is 12.8. The van der Waals surface area contributed by atoms with E-state index in [-0.39, 0.29) is 5.91 Å². The second kappa shape index (κ2) is 6.81. The minimum atomic E-state index is -0.0964. The van der Waals surface area contributed by atoms with E-state index in [1.54, 1.807) is 0 Å². The lowest BCUT2D eigenvalue weighted by atomic mass is 10.0. The van der Waals surface area contributed by atoms with Crippen molar-refractivity contribution in [3.8, 4) is 11.1 Å². The van der Waals surface area contributed by atoms with E-state index in [1.165, 1.54) is 10.6 Å². The van der Waals surface area contributed by atoms with Crippen molar-refractivity contribution in [3.05, 3.63) is 96.1 Å². The molecule has 3 aromatic carbocycles. The van der Waals surface area contributed by atoms with Crippen molar-refractivity contribution in [1.82, 2.24) is 0 Å². The molecule has 26 heavy (non-hydrogen) atoms. The smallest absolute Gasteiger partial charge is 0.267 e. The van der Waals surface area contributed by atoms with Gasteiger partial charge in [-0.3, -0.25) is 4.79 Å². The molecule has 4 rings (SSSR count). The second-order valence-corrected chi connectivity index (χ2v) is 6.18. The maximum Gasteiger partial charge on any atom is 0.280 e. The van der Waals surface area contributed by atoms with Gasteiger partial charge in [-0.2, -0.15) is 10.1 Å². The standard InChI is InChI=1S/C23H18N2O/c1-17-22(23(26)25(24-17)21-10-6-3-7-11-21)16-18-12-14-20(15-13-18)19-8-4-2-5-9-19/h2-16H,1H3. The Bertz CT molecular complexity index is 987. The topological polar surface area (TPSA) is 32.7 Å². The Morgan fingerprint density at radius 2 is 1.35 bits per heavy atom. The highest BCUT2D eigenvalue weighted by atomic mass is 16.2. The Morgan fingerprint density at radius 3 is 2.00 bits per heavy atom. The molecule has 0 radical (unpaired) electrons. The summed E-state index contributed by atoms with van der Waals surface area (Å²) >= 11 is 0. The molecule has 0 atom stereocenters. The van der Waals surface area contributed by atoms with E-state index in [0.29, 0.717) is 5.57 Å². The molecule has 0 unspecified atom stereocenters. The van der Waals surface area contributed by atoms with E-state index < -0.39 is 0 Å². The molecule has 0 N–H and O–H groups in total. The summed E-state index contributed by atoms with van der Waals surface area (Å²) in [5.74, 6) is -0.0964. The van der Waals surface area contributed by atoms with Crippen LogP contribution in [0.25, 0.3) is 17.2 Å². The molecule has 0 bridgehead atoms. The first-order chi connectivity index (χ1) is 12.7. The van der Waals surface area contributed by atoms with E-state index >= 15 is 0 Å². The number of rotatable bonds is 3. The van der Waals surface area contributed by atoms with Crippen molar-refractivity contribution in [2.75, 3.05) is 5.01 Å². The molecule has 3 aromatic rings. The summed E-state index contributed by atoms with van der Waals surface area (Å²) < 4.78 is 0. The number of carbonyl (C=O) groups excluding carboxylic acids is 1. The fraction of sp³-hybridized carbons (Fsp3) is 0.0435. The van der Waals surface area contributed by atoms with Crippen LogP contribution in [-0.2, 0) is 4.79 Å². The Hall–Kier alpha value is -3.46. The van der Waals surface area contributed by atoms with Gasteiger partial charge in [-0.1, -0.05) is 72.8 Å². The van der Waals surface area contributed by atoms with Gasteiger partial charge in [-0.25, -0.2) is 0 Å². The Morgan fingerprint density at radius 1 is 0.769 bits per heavy atom. The minimum absolute atomic E-state index is 0.0964. The molecule has 0 fully saturated rings. The Labute approximate surface area is 152 Å². The summed E-state index contributed by atoms with van der Waals surface area (Å²) in [6, 6.07) is 27.9. The Balaban J connectivity index is 1.61. The van der Waals surface area contributed by atoms with Gasteiger partial charge < -0.3 is 0 Å². The van der Waals surface area contributed by atoms with Crippen molar-refractivity contribution in [2.24, 2.45) is 5.10 Å². The van der Waals surface area contributed by atoms with Crippen LogP contribution in [0.15, 0.2) is 95.6 Å². The molecule has 1 amide bonds. The first-order valence-electron chi connectivity index (χ1n) is 8.55. The summed E-state index contributed by atoms with van der Waals surface area (Å²) in [6.07, 6.45) is 1.90. The van der Waals surface area contributed by atoms with Gasteiger partial charge in [0, 0.05) is 0 Å². The number of amides is 1. The zero-order chi connectivity index (χ0) is 17.9. The molecule has 0 spiro atoms. The van der Waals surface area contributed by atoms with Gasteiger partial charge in [0.05, 0.1) is 17.0 Å². The molecule has 0 saturated heterocycles. The zero-order valence-corrected chi connectivity index (χ0v) is 14.5. The molecule has 3 heteroatoms. The fourth-order valence-electron chi connectivity index (χ4n) is 3.00. The number of para-hydroxylation sites is 1. The molecule has 3 nitrogen and oxygen atoms in total. The molecule has 1 aliphatic heterocycles. The molecule has 126 valence electrons. The molecule has 1 heterocycles. The normalized spacial score (nSPS) is 15.4. The highest BCUT2D eigenvalue weighted by molar-refractivity contribution is 6.32. The average Bonchev–Trinajstić information content (AvgIpc) is 2.98. The summed E-state index contributed by atoms with van der Waals surface area (Å²) in [5.41, 5.74) is 5.45. The fourth-order valence-corrected chi connectivity index (χ4v) is 3.00. The van der Waals surface area contributed by atoms with Crippen LogP contribution in [0.3, 0.4) is 0 Å². The van der Waals surface area contributed by atoms with Gasteiger partial charge >= 0.3 is 0 Å². The average molecular weight is 338 g/mol. The van der Waals surface area contributed by atoms with Crippen LogP contribution in [-0.4, -0.2) is 11.6 Å². The van der Waals surface area contributed by atoms with Gasteiger partial charge in [0.2, 0.25) is 0 Å². The van der Waals surface area contributed by atoms with Crippen molar-refractivity contribution in [3.63, 3.8) is 0 Å². The quantitative estimate of drug-likeness (QED) is 0.607. The number of nitrogens with zero attached hydrogens (tertiary/aromatic N) is 2. The molecule has 1 aliphatic rings. The molecular formula is C23H18N2O. The first kappa shape index (κ1) is 16.0. The van der Waals surface area contributed by atoms with Gasteiger partial charge in [-0.05, 0) is 41.8 Å². The van der Waals surface area contributed by atoms with Gasteiger partial charge in [0.25, 0.3) is 5.91 Å². The highest BCUT2D eigenvalue weighted by Gasteiger charge is 2.28. The van der Waals surface area contributed by atoms with Crippen molar-refractivity contribution >= 4 is 23.4 Å². The highest BCUT2D eigenvalue weighted by Crippen LogP contribution is 2.25. The van der Waals surface area contributed by atoms with Crippen LogP contribution in [0.1, 0.15) is 12.5 Å². The van der Waals surface area contributed by atoms with Crippen molar-refractivity contribution < 1.29 is 4.79 Å². The first-order valence-corrected chi connectivity index (χ1v) is 8.55. The van der Waals surface area contributed by atoms with E-state index in [4.69, 9.17) is 0 Å². The lowest BCUT2D eigenvalue weighted by Crippen LogP contribution is -2.21.